The molecule has 0 radical (unpaired) electrons. The van der Waals surface area contributed by atoms with Gasteiger partial charge in [0, 0.05) is 17.0 Å². The summed E-state index contributed by atoms with van der Waals surface area (Å²) in [5.74, 6) is 0.231. The van der Waals surface area contributed by atoms with E-state index in [1.54, 1.807) is 30.3 Å². The van der Waals surface area contributed by atoms with Crippen molar-refractivity contribution in [3.63, 3.8) is 0 Å². The van der Waals surface area contributed by atoms with Crippen molar-refractivity contribution in [1.29, 1.82) is 0 Å². The second kappa shape index (κ2) is 7.05. The van der Waals surface area contributed by atoms with Crippen LogP contribution in [-0.2, 0) is 9.53 Å². The largest absolute Gasteiger partial charge is 0.469 e. The average Bonchev–Trinajstić information content (AvgIpc) is 3.31. The quantitative estimate of drug-likeness (QED) is 0.810. The molecule has 0 aliphatic heterocycles. The summed E-state index contributed by atoms with van der Waals surface area (Å²) >= 11 is 6.19. The SMILES string of the molecule is COC(=O)CC(NC(=O)c1cc(C2CC2)on1)c1ccccc1Cl. The predicted octanol–water partition coefficient (Wildman–Crippen LogP) is 3.24. The standard InChI is InChI=1S/C17H17ClN2O4/c1-23-16(21)9-13(11-4-2-3-5-12(11)18)19-17(22)14-8-15(24-20-14)10-6-7-10/h2-5,8,10,13H,6-7,9H2,1H3,(H,19,22). The number of nitrogens with zero attached hydrogens (tertiary/aromatic N) is 1. The Labute approximate surface area is 144 Å². The molecule has 1 N–H and O–H groups in total. The van der Waals surface area contributed by atoms with E-state index in [1.165, 1.54) is 7.11 Å². The van der Waals surface area contributed by atoms with Crippen LogP contribution in [0.5, 0.6) is 0 Å². The fourth-order valence-corrected chi connectivity index (χ4v) is 2.70. The number of amides is 1. The second-order valence-corrected chi connectivity index (χ2v) is 6.12. The Balaban J connectivity index is 1.78. The third-order valence-electron chi connectivity index (χ3n) is 3.93. The summed E-state index contributed by atoms with van der Waals surface area (Å²) in [6.07, 6.45) is 2.08. The van der Waals surface area contributed by atoms with Crippen molar-refractivity contribution in [3.8, 4) is 0 Å². The molecule has 1 saturated carbocycles. The monoisotopic (exact) mass is 348 g/mol. The number of esters is 1. The Morgan fingerprint density at radius 1 is 1.42 bits per heavy atom. The molecule has 1 heterocycles. The normalized spacial score (nSPS) is 14.9. The molecule has 0 bridgehead atoms. The molecule has 126 valence electrons. The maximum Gasteiger partial charge on any atom is 0.307 e. The van der Waals surface area contributed by atoms with Crippen LogP contribution in [0.15, 0.2) is 34.9 Å². The Morgan fingerprint density at radius 3 is 2.83 bits per heavy atom. The number of nitrogens with one attached hydrogen (secondary N) is 1. The molecule has 1 aromatic heterocycles. The number of methoxy groups -OCH3 is 1. The van der Waals surface area contributed by atoms with E-state index >= 15 is 0 Å². The molecule has 2 aromatic rings. The zero-order valence-electron chi connectivity index (χ0n) is 13.1. The van der Waals surface area contributed by atoms with E-state index in [0.717, 1.165) is 18.6 Å². The van der Waals surface area contributed by atoms with Crippen LogP contribution >= 0.6 is 11.6 Å². The molecular weight excluding hydrogens is 332 g/mol. The summed E-state index contributed by atoms with van der Waals surface area (Å²) in [6, 6.07) is 8.07. The molecule has 1 unspecified atom stereocenters. The van der Waals surface area contributed by atoms with Gasteiger partial charge in [0.15, 0.2) is 5.69 Å². The van der Waals surface area contributed by atoms with Crippen LogP contribution < -0.4 is 5.32 Å². The molecule has 6 nitrogen and oxygen atoms in total. The minimum atomic E-state index is -0.611. The van der Waals surface area contributed by atoms with Gasteiger partial charge in [0.05, 0.1) is 19.6 Å². The fourth-order valence-electron chi connectivity index (χ4n) is 2.44. The number of ether oxygens (including phenoxy) is 1. The van der Waals surface area contributed by atoms with Gasteiger partial charge in [0.2, 0.25) is 0 Å². The summed E-state index contributed by atoms with van der Waals surface area (Å²) in [4.78, 5) is 24.1. The van der Waals surface area contributed by atoms with Gasteiger partial charge in [-0.05, 0) is 24.5 Å². The third-order valence-corrected chi connectivity index (χ3v) is 4.27. The minimum absolute atomic E-state index is 0.0285. The average molecular weight is 349 g/mol. The number of carbonyl (C=O) groups is 2. The van der Waals surface area contributed by atoms with Gasteiger partial charge in [0.1, 0.15) is 5.76 Å². The molecule has 1 aromatic carbocycles. The van der Waals surface area contributed by atoms with Crippen LogP contribution in [0.25, 0.3) is 0 Å². The van der Waals surface area contributed by atoms with E-state index in [2.05, 4.69) is 10.5 Å². The first-order valence-electron chi connectivity index (χ1n) is 7.67. The van der Waals surface area contributed by atoms with Crippen molar-refractivity contribution < 1.29 is 18.8 Å². The second-order valence-electron chi connectivity index (χ2n) is 5.72. The van der Waals surface area contributed by atoms with E-state index in [4.69, 9.17) is 20.9 Å². The molecule has 7 heteroatoms. The van der Waals surface area contributed by atoms with Crippen molar-refractivity contribution in [2.75, 3.05) is 7.11 Å². The maximum absolute atomic E-state index is 12.4. The van der Waals surface area contributed by atoms with Gasteiger partial charge in [-0.25, -0.2) is 0 Å². The van der Waals surface area contributed by atoms with Crippen molar-refractivity contribution >= 4 is 23.5 Å². The minimum Gasteiger partial charge on any atom is -0.469 e. The zero-order chi connectivity index (χ0) is 17.1. The lowest BCUT2D eigenvalue weighted by atomic mass is 10.0. The fraction of sp³-hybridized carbons (Fsp3) is 0.353. The lowest BCUT2D eigenvalue weighted by Gasteiger charge is -2.18. The molecular formula is C17H17ClN2O4. The Morgan fingerprint density at radius 2 is 2.17 bits per heavy atom. The summed E-state index contributed by atoms with van der Waals surface area (Å²) in [5.41, 5.74) is 0.836. The van der Waals surface area contributed by atoms with Crippen molar-refractivity contribution in [2.24, 2.45) is 0 Å². The van der Waals surface area contributed by atoms with Crippen molar-refractivity contribution in [2.45, 2.75) is 31.2 Å². The van der Waals surface area contributed by atoms with Gasteiger partial charge in [-0.15, -0.1) is 0 Å². The van der Waals surface area contributed by atoms with Crippen LogP contribution in [0, 0.1) is 0 Å². The van der Waals surface area contributed by atoms with Crippen LogP contribution in [0.2, 0.25) is 5.02 Å². The van der Waals surface area contributed by atoms with Crippen molar-refractivity contribution in [1.82, 2.24) is 10.5 Å². The summed E-state index contributed by atoms with van der Waals surface area (Å²) in [6.45, 7) is 0. The van der Waals surface area contributed by atoms with Crippen LogP contribution in [0.4, 0.5) is 0 Å². The smallest absolute Gasteiger partial charge is 0.307 e. The first-order chi connectivity index (χ1) is 11.6. The number of aromatic nitrogens is 1. The number of halogens is 1. The Bertz CT molecular complexity index is 755. The Hall–Kier alpha value is -2.34. The van der Waals surface area contributed by atoms with Gasteiger partial charge in [-0.2, -0.15) is 0 Å². The van der Waals surface area contributed by atoms with Crippen LogP contribution in [0.3, 0.4) is 0 Å². The van der Waals surface area contributed by atoms with Crippen molar-refractivity contribution in [3.05, 3.63) is 52.4 Å². The van der Waals surface area contributed by atoms with E-state index in [-0.39, 0.29) is 12.1 Å². The highest BCUT2D eigenvalue weighted by molar-refractivity contribution is 6.31. The van der Waals surface area contributed by atoms with Gasteiger partial charge in [-0.1, -0.05) is 35.0 Å². The predicted molar refractivity (Wildman–Crippen MR) is 86.8 cm³/mol. The van der Waals surface area contributed by atoms with Gasteiger partial charge in [0.25, 0.3) is 5.91 Å². The van der Waals surface area contributed by atoms with E-state index in [9.17, 15) is 9.59 Å². The zero-order valence-corrected chi connectivity index (χ0v) is 13.9. The highest BCUT2D eigenvalue weighted by Gasteiger charge is 2.29. The van der Waals surface area contributed by atoms with E-state index < -0.39 is 17.9 Å². The third kappa shape index (κ3) is 3.76. The van der Waals surface area contributed by atoms with E-state index in [0.29, 0.717) is 16.5 Å². The summed E-state index contributed by atoms with van der Waals surface area (Å²) in [5, 5.41) is 7.05. The highest BCUT2D eigenvalue weighted by atomic mass is 35.5. The molecule has 0 spiro atoms. The molecule has 3 rings (SSSR count). The number of hydrogen-bond donors (Lipinski definition) is 1. The highest BCUT2D eigenvalue weighted by Crippen LogP contribution is 2.40. The van der Waals surface area contributed by atoms with Crippen LogP contribution in [0.1, 0.15) is 53.0 Å². The number of benzene rings is 1. The molecule has 1 aliphatic rings. The Kier molecular flexibility index (Phi) is 4.85. The molecule has 1 atom stereocenters. The van der Waals surface area contributed by atoms with Gasteiger partial charge >= 0.3 is 5.97 Å². The number of rotatable bonds is 6. The van der Waals surface area contributed by atoms with E-state index in [1.807, 2.05) is 0 Å². The molecule has 1 aliphatic carbocycles. The molecule has 1 amide bonds. The maximum atomic E-state index is 12.4. The lowest BCUT2D eigenvalue weighted by molar-refractivity contribution is -0.141. The van der Waals surface area contributed by atoms with Gasteiger partial charge in [-0.3, -0.25) is 9.59 Å². The molecule has 24 heavy (non-hydrogen) atoms. The lowest BCUT2D eigenvalue weighted by Crippen LogP contribution is -2.31. The van der Waals surface area contributed by atoms with Crippen LogP contribution in [-0.4, -0.2) is 24.1 Å². The first kappa shape index (κ1) is 16.5. The first-order valence-corrected chi connectivity index (χ1v) is 8.05. The topological polar surface area (TPSA) is 81.4 Å². The number of carbonyl (C=O) groups excluding carboxylic acids is 2. The molecule has 1 fully saturated rings. The number of hydrogen-bond acceptors (Lipinski definition) is 5. The summed E-state index contributed by atoms with van der Waals surface area (Å²) in [7, 11) is 1.30. The summed E-state index contributed by atoms with van der Waals surface area (Å²) < 4.78 is 9.90. The molecule has 0 saturated heterocycles. The van der Waals surface area contributed by atoms with Gasteiger partial charge < -0.3 is 14.6 Å².